The van der Waals surface area contributed by atoms with Crippen LogP contribution < -0.4 is 4.74 Å². The second-order valence-corrected chi connectivity index (χ2v) is 7.89. The lowest BCUT2D eigenvalue weighted by atomic mass is 10.0. The Hall–Kier alpha value is -1.10. The van der Waals surface area contributed by atoms with Crippen LogP contribution in [0, 0.1) is 20.8 Å². The monoisotopic (exact) mass is 346 g/mol. The maximum Gasteiger partial charge on any atom is 0.125 e. The van der Waals surface area contributed by atoms with Crippen molar-refractivity contribution in [1.82, 2.24) is 9.80 Å². The number of β-amino-alcohol motifs (C(OH)–C–C–N with tert-alkyl or cyclic N) is 1. The van der Waals surface area contributed by atoms with Gasteiger partial charge in [-0.05, 0) is 89.3 Å². The zero-order valence-electron chi connectivity index (χ0n) is 16.1. The highest BCUT2D eigenvalue weighted by molar-refractivity contribution is 5.44. The number of piperidine rings is 1. The van der Waals surface area contributed by atoms with Gasteiger partial charge in [0.2, 0.25) is 0 Å². The third kappa shape index (κ3) is 4.75. The molecule has 2 fully saturated rings. The van der Waals surface area contributed by atoms with Crippen LogP contribution in [0.2, 0.25) is 0 Å². The standard InChI is InChI=1S/C21H34N2O2/c1-16-6-7-17(2)21(18(16)3)25-15-20(24)14-22-12-8-19(9-13-22)23-10-4-5-11-23/h6-7,19-20,24H,4-5,8-15H2,1-3H3. The number of aliphatic hydroxyl groups excluding tert-OH is 1. The molecule has 0 radical (unpaired) electrons. The molecule has 4 heteroatoms. The average Bonchev–Trinajstić information content (AvgIpc) is 3.13. The van der Waals surface area contributed by atoms with E-state index in [0.717, 1.165) is 37.0 Å². The number of hydrogen-bond acceptors (Lipinski definition) is 4. The molecule has 0 aliphatic carbocycles. The van der Waals surface area contributed by atoms with Crippen LogP contribution in [0.4, 0.5) is 0 Å². The first-order valence-corrected chi connectivity index (χ1v) is 9.88. The predicted molar refractivity (Wildman–Crippen MR) is 102 cm³/mol. The number of hydrogen-bond donors (Lipinski definition) is 1. The number of aryl methyl sites for hydroxylation is 2. The van der Waals surface area contributed by atoms with E-state index in [1.54, 1.807) is 0 Å². The molecule has 2 saturated heterocycles. The van der Waals surface area contributed by atoms with E-state index in [0.29, 0.717) is 6.61 Å². The van der Waals surface area contributed by atoms with E-state index in [9.17, 15) is 5.11 Å². The molecule has 0 amide bonds. The van der Waals surface area contributed by atoms with Crippen LogP contribution >= 0.6 is 0 Å². The van der Waals surface area contributed by atoms with Crippen molar-refractivity contribution < 1.29 is 9.84 Å². The van der Waals surface area contributed by atoms with Crippen LogP contribution in [0.3, 0.4) is 0 Å². The Morgan fingerprint density at radius 1 is 1.04 bits per heavy atom. The van der Waals surface area contributed by atoms with E-state index < -0.39 is 6.10 Å². The summed E-state index contributed by atoms with van der Waals surface area (Å²) in [6.45, 7) is 12.1. The van der Waals surface area contributed by atoms with Crippen molar-refractivity contribution in [2.45, 2.75) is 58.6 Å². The maximum atomic E-state index is 10.4. The summed E-state index contributed by atoms with van der Waals surface area (Å²) in [4.78, 5) is 5.07. The Balaban J connectivity index is 1.43. The molecule has 0 saturated carbocycles. The van der Waals surface area contributed by atoms with Crippen LogP contribution in [0.5, 0.6) is 5.75 Å². The third-order valence-electron chi connectivity index (χ3n) is 5.98. The molecule has 2 aliphatic rings. The van der Waals surface area contributed by atoms with Crippen molar-refractivity contribution in [3.05, 3.63) is 28.8 Å². The number of benzene rings is 1. The predicted octanol–water partition coefficient (Wildman–Crippen LogP) is 2.91. The van der Waals surface area contributed by atoms with Gasteiger partial charge in [-0.1, -0.05) is 12.1 Å². The maximum absolute atomic E-state index is 10.4. The normalized spacial score (nSPS) is 21.6. The van der Waals surface area contributed by atoms with Crippen LogP contribution in [0.15, 0.2) is 12.1 Å². The molecule has 25 heavy (non-hydrogen) atoms. The van der Waals surface area contributed by atoms with Gasteiger partial charge in [-0.2, -0.15) is 0 Å². The number of ether oxygens (including phenoxy) is 1. The van der Waals surface area contributed by atoms with Gasteiger partial charge in [-0.25, -0.2) is 0 Å². The SMILES string of the molecule is Cc1ccc(C)c(OCC(O)CN2CCC(N3CCCC3)CC2)c1C. The number of rotatable bonds is 6. The smallest absolute Gasteiger partial charge is 0.125 e. The molecule has 1 atom stereocenters. The van der Waals surface area contributed by atoms with E-state index in [4.69, 9.17) is 4.74 Å². The zero-order chi connectivity index (χ0) is 17.8. The molecule has 1 unspecified atom stereocenters. The summed E-state index contributed by atoms with van der Waals surface area (Å²) < 4.78 is 5.97. The summed E-state index contributed by atoms with van der Waals surface area (Å²) in [6, 6.07) is 4.98. The summed E-state index contributed by atoms with van der Waals surface area (Å²) in [6.07, 6.45) is 4.79. The Labute approximate surface area is 152 Å². The lowest BCUT2D eigenvalue weighted by molar-refractivity contribution is 0.0473. The molecule has 0 spiro atoms. The highest BCUT2D eigenvalue weighted by Crippen LogP contribution is 2.26. The molecule has 2 heterocycles. The van der Waals surface area contributed by atoms with Gasteiger partial charge in [0.05, 0.1) is 0 Å². The van der Waals surface area contributed by atoms with Gasteiger partial charge in [0.15, 0.2) is 0 Å². The van der Waals surface area contributed by atoms with Gasteiger partial charge in [0, 0.05) is 12.6 Å². The van der Waals surface area contributed by atoms with Gasteiger partial charge in [0.1, 0.15) is 18.5 Å². The average molecular weight is 347 g/mol. The van der Waals surface area contributed by atoms with Gasteiger partial charge >= 0.3 is 0 Å². The second-order valence-electron chi connectivity index (χ2n) is 7.89. The molecule has 3 rings (SSSR count). The molecule has 1 aromatic rings. The third-order valence-corrected chi connectivity index (χ3v) is 5.98. The Kier molecular flexibility index (Phi) is 6.37. The highest BCUT2D eigenvalue weighted by atomic mass is 16.5. The number of likely N-dealkylation sites (tertiary alicyclic amines) is 2. The fraction of sp³-hybridized carbons (Fsp3) is 0.714. The molecule has 0 bridgehead atoms. The number of aliphatic hydroxyl groups is 1. The van der Waals surface area contributed by atoms with Crippen molar-refractivity contribution in [3.63, 3.8) is 0 Å². The van der Waals surface area contributed by atoms with Crippen LogP contribution in [-0.4, -0.2) is 66.4 Å². The summed E-state index contributed by atoms with van der Waals surface area (Å²) in [5.41, 5.74) is 3.56. The first kappa shape index (κ1) is 18.7. The van der Waals surface area contributed by atoms with Crippen molar-refractivity contribution in [2.75, 3.05) is 39.3 Å². The molecule has 4 nitrogen and oxygen atoms in total. The van der Waals surface area contributed by atoms with E-state index in [2.05, 4.69) is 42.7 Å². The molecule has 1 aromatic carbocycles. The summed E-state index contributed by atoms with van der Waals surface area (Å²) >= 11 is 0. The van der Waals surface area contributed by atoms with Gasteiger partial charge < -0.3 is 19.6 Å². The van der Waals surface area contributed by atoms with Gasteiger partial charge in [-0.15, -0.1) is 0 Å². The van der Waals surface area contributed by atoms with Crippen molar-refractivity contribution in [2.24, 2.45) is 0 Å². The van der Waals surface area contributed by atoms with Crippen molar-refractivity contribution >= 4 is 0 Å². The van der Waals surface area contributed by atoms with Crippen LogP contribution in [0.25, 0.3) is 0 Å². The Morgan fingerprint density at radius 2 is 1.68 bits per heavy atom. The molecule has 2 aliphatic heterocycles. The van der Waals surface area contributed by atoms with E-state index in [1.807, 2.05) is 0 Å². The van der Waals surface area contributed by atoms with Crippen molar-refractivity contribution in [1.29, 1.82) is 0 Å². The summed E-state index contributed by atoms with van der Waals surface area (Å²) in [7, 11) is 0. The highest BCUT2D eigenvalue weighted by Gasteiger charge is 2.27. The van der Waals surface area contributed by atoms with Crippen molar-refractivity contribution in [3.8, 4) is 5.75 Å². The van der Waals surface area contributed by atoms with E-state index in [-0.39, 0.29) is 0 Å². The topological polar surface area (TPSA) is 35.9 Å². The lowest BCUT2D eigenvalue weighted by Crippen LogP contribution is -2.46. The van der Waals surface area contributed by atoms with Crippen LogP contribution in [-0.2, 0) is 0 Å². The summed E-state index contributed by atoms with van der Waals surface area (Å²) in [5, 5.41) is 10.4. The molecule has 1 N–H and O–H groups in total. The number of nitrogens with zero attached hydrogens (tertiary/aromatic N) is 2. The lowest BCUT2D eigenvalue weighted by Gasteiger charge is -2.37. The molecule has 140 valence electrons. The Bertz CT molecular complexity index is 561. The molecule has 0 aromatic heterocycles. The minimum atomic E-state index is -0.428. The summed E-state index contributed by atoms with van der Waals surface area (Å²) in [5.74, 6) is 0.937. The zero-order valence-corrected chi connectivity index (χ0v) is 16.1. The fourth-order valence-corrected chi connectivity index (χ4v) is 4.25. The molecular formula is C21H34N2O2. The van der Waals surface area contributed by atoms with E-state index in [1.165, 1.54) is 49.9 Å². The second kappa shape index (κ2) is 8.52. The fourth-order valence-electron chi connectivity index (χ4n) is 4.25. The van der Waals surface area contributed by atoms with Crippen LogP contribution in [0.1, 0.15) is 42.4 Å². The van der Waals surface area contributed by atoms with E-state index >= 15 is 0 Å². The largest absolute Gasteiger partial charge is 0.490 e. The first-order valence-electron chi connectivity index (χ1n) is 9.88. The Morgan fingerprint density at radius 3 is 2.36 bits per heavy atom. The molecular weight excluding hydrogens is 312 g/mol. The first-order chi connectivity index (χ1) is 12.0. The van der Waals surface area contributed by atoms with Gasteiger partial charge in [0.25, 0.3) is 0 Å². The minimum absolute atomic E-state index is 0.372. The minimum Gasteiger partial charge on any atom is -0.490 e. The quantitative estimate of drug-likeness (QED) is 0.859. The van der Waals surface area contributed by atoms with Gasteiger partial charge in [-0.3, -0.25) is 0 Å².